The molecule has 0 atom stereocenters. The summed E-state index contributed by atoms with van der Waals surface area (Å²) in [6.07, 6.45) is 0.0946. The molecule has 0 fully saturated rings. The molecule has 1 aromatic carbocycles. The highest BCUT2D eigenvalue weighted by Crippen LogP contribution is 2.18. The van der Waals surface area contributed by atoms with Crippen LogP contribution in [-0.2, 0) is 21.3 Å². The molecule has 5 nitrogen and oxygen atoms in total. The first-order valence-corrected chi connectivity index (χ1v) is 8.10. The minimum atomic E-state index is -3.47. The summed E-state index contributed by atoms with van der Waals surface area (Å²) < 4.78 is 31.5. The molecule has 114 valence electrons. The van der Waals surface area contributed by atoms with E-state index in [1.807, 2.05) is 20.8 Å². The van der Waals surface area contributed by atoms with Crippen molar-refractivity contribution < 1.29 is 13.2 Å². The van der Waals surface area contributed by atoms with Crippen LogP contribution in [0.5, 0.6) is 0 Å². The molecule has 0 heterocycles. The number of nitrogens with zero attached hydrogens (tertiary/aromatic N) is 1. The van der Waals surface area contributed by atoms with Crippen LogP contribution < -0.4 is 5.73 Å². The number of likely N-dealkylation sites (N-methyl/N-ethyl adjacent to an activating group) is 1. The van der Waals surface area contributed by atoms with Crippen LogP contribution in [0.4, 0.5) is 0 Å². The highest BCUT2D eigenvalue weighted by atomic mass is 32.2. The molecule has 1 aromatic rings. The van der Waals surface area contributed by atoms with Gasteiger partial charge in [0.05, 0.1) is 17.6 Å². The third-order valence-electron chi connectivity index (χ3n) is 3.10. The van der Waals surface area contributed by atoms with E-state index in [1.165, 1.54) is 4.31 Å². The van der Waals surface area contributed by atoms with E-state index >= 15 is 0 Å². The SMILES string of the molecule is Cc1cc(S(=O)(=O)N(C)CCOC(C)C)ccc1CN. The Morgan fingerprint density at radius 1 is 1.35 bits per heavy atom. The molecular formula is C14H24N2O3S. The monoisotopic (exact) mass is 300 g/mol. The van der Waals surface area contributed by atoms with Crippen molar-refractivity contribution in [1.29, 1.82) is 0 Å². The molecule has 0 aromatic heterocycles. The molecule has 0 saturated carbocycles. The Kier molecular flexibility index (Phi) is 6.13. The molecule has 0 radical (unpaired) electrons. The summed E-state index contributed by atoms with van der Waals surface area (Å²) in [4.78, 5) is 0.291. The van der Waals surface area contributed by atoms with E-state index in [9.17, 15) is 8.42 Å². The van der Waals surface area contributed by atoms with Crippen molar-refractivity contribution in [3.63, 3.8) is 0 Å². The van der Waals surface area contributed by atoms with E-state index in [4.69, 9.17) is 10.5 Å². The van der Waals surface area contributed by atoms with Crippen molar-refractivity contribution in [3.05, 3.63) is 29.3 Å². The second kappa shape index (κ2) is 7.17. The molecule has 2 N–H and O–H groups in total. The average Bonchev–Trinajstić information content (AvgIpc) is 2.37. The lowest BCUT2D eigenvalue weighted by Gasteiger charge is -2.18. The first kappa shape index (κ1) is 17.1. The first-order chi connectivity index (χ1) is 9.28. The summed E-state index contributed by atoms with van der Waals surface area (Å²) in [5.41, 5.74) is 7.43. The largest absolute Gasteiger partial charge is 0.377 e. The summed E-state index contributed by atoms with van der Waals surface area (Å²) >= 11 is 0. The summed E-state index contributed by atoms with van der Waals surface area (Å²) in [5, 5.41) is 0. The number of hydrogen-bond donors (Lipinski definition) is 1. The molecular weight excluding hydrogens is 276 g/mol. The van der Waals surface area contributed by atoms with Crippen molar-refractivity contribution in [1.82, 2.24) is 4.31 Å². The lowest BCUT2D eigenvalue weighted by molar-refractivity contribution is 0.0737. The molecule has 0 aliphatic rings. The van der Waals surface area contributed by atoms with Crippen LogP contribution in [-0.4, -0.2) is 39.0 Å². The fraction of sp³-hybridized carbons (Fsp3) is 0.571. The van der Waals surface area contributed by atoms with Crippen LogP contribution in [0.1, 0.15) is 25.0 Å². The first-order valence-electron chi connectivity index (χ1n) is 6.66. The maximum Gasteiger partial charge on any atom is 0.242 e. The van der Waals surface area contributed by atoms with Crippen molar-refractivity contribution in [2.45, 2.75) is 38.3 Å². The van der Waals surface area contributed by atoms with Gasteiger partial charge in [0.2, 0.25) is 10.0 Å². The number of benzene rings is 1. The standard InChI is InChI=1S/C14H24N2O3S/c1-11(2)19-8-7-16(4)20(17,18)14-6-5-13(10-15)12(3)9-14/h5-6,9,11H,7-8,10,15H2,1-4H3. The van der Waals surface area contributed by atoms with Crippen LogP contribution in [0.15, 0.2) is 23.1 Å². The molecule has 0 saturated heterocycles. The van der Waals surface area contributed by atoms with Crippen molar-refractivity contribution >= 4 is 10.0 Å². The van der Waals surface area contributed by atoms with Gasteiger partial charge in [-0.05, 0) is 44.0 Å². The third kappa shape index (κ3) is 4.28. The number of ether oxygens (including phenoxy) is 1. The molecule has 0 amide bonds. The highest BCUT2D eigenvalue weighted by molar-refractivity contribution is 7.89. The summed E-state index contributed by atoms with van der Waals surface area (Å²) in [5.74, 6) is 0. The number of aryl methyl sites for hydroxylation is 1. The molecule has 20 heavy (non-hydrogen) atoms. The van der Waals surface area contributed by atoms with Crippen LogP contribution in [0.2, 0.25) is 0 Å². The van der Waals surface area contributed by atoms with Crippen LogP contribution in [0.25, 0.3) is 0 Å². The van der Waals surface area contributed by atoms with Crippen LogP contribution in [0, 0.1) is 6.92 Å². The van der Waals surface area contributed by atoms with E-state index in [0.29, 0.717) is 24.6 Å². The van der Waals surface area contributed by atoms with Gasteiger partial charge in [-0.25, -0.2) is 8.42 Å². The fourth-order valence-electron chi connectivity index (χ4n) is 1.77. The van der Waals surface area contributed by atoms with Crippen molar-refractivity contribution in [2.75, 3.05) is 20.2 Å². The topological polar surface area (TPSA) is 72.6 Å². The molecule has 0 aliphatic heterocycles. The smallest absolute Gasteiger partial charge is 0.242 e. The molecule has 0 aliphatic carbocycles. The predicted molar refractivity (Wildman–Crippen MR) is 80.0 cm³/mol. The Morgan fingerprint density at radius 3 is 2.50 bits per heavy atom. The average molecular weight is 300 g/mol. The van der Waals surface area contributed by atoms with E-state index < -0.39 is 10.0 Å². The minimum absolute atomic E-state index is 0.0946. The van der Waals surface area contributed by atoms with Gasteiger partial charge in [0.15, 0.2) is 0 Å². The quantitative estimate of drug-likeness (QED) is 0.828. The number of hydrogen-bond acceptors (Lipinski definition) is 4. The predicted octanol–water partition coefficient (Wildman–Crippen LogP) is 1.50. The Morgan fingerprint density at radius 2 is 2.00 bits per heavy atom. The van der Waals surface area contributed by atoms with E-state index in [-0.39, 0.29) is 6.10 Å². The maximum atomic E-state index is 12.4. The van der Waals surface area contributed by atoms with Crippen molar-refractivity contribution in [3.8, 4) is 0 Å². The Hall–Kier alpha value is -0.950. The van der Waals surface area contributed by atoms with Gasteiger partial charge in [-0.15, -0.1) is 0 Å². The Balaban J connectivity index is 2.84. The number of rotatable bonds is 7. The number of sulfonamides is 1. The van der Waals surface area contributed by atoms with E-state index in [0.717, 1.165) is 11.1 Å². The van der Waals surface area contributed by atoms with Gasteiger partial charge >= 0.3 is 0 Å². The Labute approximate surface area is 121 Å². The lowest BCUT2D eigenvalue weighted by Crippen LogP contribution is -2.31. The highest BCUT2D eigenvalue weighted by Gasteiger charge is 2.21. The van der Waals surface area contributed by atoms with E-state index in [2.05, 4.69) is 0 Å². The zero-order chi connectivity index (χ0) is 15.3. The van der Waals surface area contributed by atoms with Gasteiger partial charge in [0.1, 0.15) is 0 Å². The van der Waals surface area contributed by atoms with Gasteiger partial charge in [0.25, 0.3) is 0 Å². The van der Waals surface area contributed by atoms with Gasteiger partial charge < -0.3 is 10.5 Å². The second-order valence-corrected chi connectivity index (χ2v) is 7.08. The zero-order valence-corrected chi connectivity index (χ0v) is 13.4. The number of nitrogens with two attached hydrogens (primary N) is 1. The van der Waals surface area contributed by atoms with Gasteiger partial charge in [-0.1, -0.05) is 6.07 Å². The van der Waals surface area contributed by atoms with Gasteiger partial charge in [-0.2, -0.15) is 4.31 Å². The molecule has 0 bridgehead atoms. The molecule has 0 spiro atoms. The van der Waals surface area contributed by atoms with E-state index in [1.54, 1.807) is 25.2 Å². The summed E-state index contributed by atoms with van der Waals surface area (Å²) in [6.45, 7) is 6.82. The summed E-state index contributed by atoms with van der Waals surface area (Å²) in [7, 11) is -1.91. The summed E-state index contributed by atoms with van der Waals surface area (Å²) in [6, 6.07) is 5.03. The molecule has 6 heteroatoms. The maximum absolute atomic E-state index is 12.4. The second-order valence-electron chi connectivity index (χ2n) is 5.04. The molecule has 1 rings (SSSR count). The fourth-order valence-corrected chi connectivity index (χ4v) is 3.02. The molecule has 0 unspecified atom stereocenters. The third-order valence-corrected chi connectivity index (χ3v) is 4.95. The van der Waals surface area contributed by atoms with Crippen LogP contribution in [0.3, 0.4) is 0 Å². The zero-order valence-electron chi connectivity index (χ0n) is 12.6. The van der Waals surface area contributed by atoms with Gasteiger partial charge in [0, 0.05) is 20.1 Å². The normalized spacial score (nSPS) is 12.3. The lowest BCUT2D eigenvalue weighted by atomic mass is 10.1. The Bertz CT molecular complexity index is 541. The van der Waals surface area contributed by atoms with Crippen molar-refractivity contribution in [2.24, 2.45) is 5.73 Å². The van der Waals surface area contributed by atoms with Crippen LogP contribution >= 0.6 is 0 Å². The van der Waals surface area contributed by atoms with Gasteiger partial charge in [-0.3, -0.25) is 0 Å². The minimum Gasteiger partial charge on any atom is -0.377 e.